The fourth-order valence-corrected chi connectivity index (χ4v) is 3.14. The van der Waals surface area contributed by atoms with Crippen LogP contribution >= 0.6 is 47.8 Å². The Morgan fingerprint density at radius 1 is 1.10 bits per heavy atom. The zero-order valence-electron chi connectivity index (χ0n) is 10.2. The van der Waals surface area contributed by atoms with Crippen LogP contribution in [0.3, 0.4) is 0 Å². The molecule has 0 unspecified atom stereocenters. The predicted octanol–water partition coefficient (Wildman–Crippen LogP) is 3.80. The van der Waals surface area contributed by atoms with Gasteiger partial charge in [0.15, 0.2) is 5.82 Å². The molecule has 6 nitrogen and oxygen atoms in total. The van der Waals surface area contributed by atoms with E-state index in [4.69, 9.17) is 10.6 Å². The number of methoxy groups -OCH3 is 1. The lowest BCUT2D eigenvalue weighted by Crippen LogP contribution is -2.10. The van der Waals surface area contributed by atoms with Crippen molar-refractivity contribution in [3.05, 3.63) is 31.9 Å². The normalized spacial score (nSPS) is 10.2. The molecule has 106 valence electrons. The van der Waals surface area contributed by atoms with Crippen LogP contribution in [0.25, 0.3) is 0 Å². The van der Waals surface area contributed by atoms with E-state index in [1.165, 1.54) is 6.33 Å². The molecule has 0 aliphatic rings. The second-order valence-electron chi connectivity index (χ2n) is 3.62. The first kappa shape index (κ1) is 15.5. The molecule has 1 aromatic carbocycles. The smallest absolute Gasteiger partial charge is 0.159 e. The highest BCUT2D eigenvalue weighted by molar-refractivity contribution is 9.11. The minimum atomic E-state index is 0.489. The Morgan fingerprint density at radius 2 is 1.80 bits per heavy atom. The maximum atomic E-state index is 5.37. The van der Waals surface area contributed by atoms with Gasteiger partial charge in [0.05, 0.1) is 17.3 Å². The molecule has 0 amide bonds. The van der Waals surface area contributed by atoms with Gasteiger partial charge < -0.3 is 15.5 Å². The van der Waals surface area contributed by atoms with Crippen LogP contribution < -0.4 is 21.3 Å². The summed E-state index contributed by atoms with van der Waals surface area (Å²) >= 11 is 10.3. The van der Waals surface area contributed by atoms with Gasteiger partial charge in [-0.2, -0.15) is 0 Å². The van der Waals surface area contributed by atoms with E-state index in [0.717, 1.165) is 14.6 Å². The predicted molar refractivity (Wildman–Crippen MR) is 89.2 cm³/mol. The summed E-state index contributed by atoms with van der Waals surface area (Å²) in [6, 6.07) is 3.73. The van der Waals surface area contributed by atoms with Crippen LogP contribution in [0.2, 0.25) is 0 Å². The highest BCUT2D eigenvalue weighted by Crippen LogP contribution is 2.37. The van der Waals surface area contributed by atoms with Gasteiger partial charge in [0.1, 0.15) is 22.4 Å². The lowest BCUT2D eigenvalue weighted by molar-refractivity contribution is 0.412. The van der Waals surface area contributed by atoms with E-state index < -0.39 is 0 Å². The van der Waals surface area contributed by atoms with E-state index in [2.05, 4.69) is 68.5 Å². The first-order chi connectivity index (χ1) is 9.56. The minimum Gasteiger partial charge on any atom is -0.495 e. The third-order valence-electron chi connectivity index (χ3n) is 2.42. The molecule has 1 heterocycles. The molecule has 2 rings (SSSR count). The van der Waals surface area contributed by atoms with E-state index in [9.17, 15) is 0 Å². The largest absolute Gasteiger partial charge is 0.495 e. The molecule has 4 N–H and O–H groups in total. The van der Waals surface area contributed by atoms with E-state index in [1.54, 1.807) is 7.11 Å². The SMILES string of the molecule is COc1cc(Nc2ncnc(NN)c2Br)c(Br)cc1Br. The number of nitrogens with zero attached hydrogens (tertiary/aromatic N) is 2. The summed E-state index contributed by atoms with van der Waals surface area (Å²) in [6.07, 6.45) is 1.41. The van der Waals surface area contributed by atoms with Gasteiger partial charge in [-0.15, -0.1) is 0 Å². The summed E-state index contributed by atoms with van der Waals surface area (Å²) in [6.45, 7) is 0. The van der Waals surface area contributed by atoms with Crippen molar-refractivity contribution in [2.45, 2.75) is 0 Å². The van der Waals surface area contributed by atoms with Crippen LogP contribution in [0.1, 0.15) is 0 Å². The third kappa shape index (κ3) is 3.22. The summed E-state index contributed by atoms with van der Waals surface area (Å²) < 4.78 is 7.61. The van der Waals surface area contributed by atoms with E-state index in [-0.39, 0.29) is 0 Å². The van der Waals surface area contributed by atoms with Gasteiger partial charge in [0.2, 0.25) is 0 Å². The van der Waals surface area contributed by atoms with Crippen molar-refractivity contribution >= 4 is 65.1 Å². The lowest BCUT2D eigenvalue weighted by atomic mass is 10.3. The maximum Gasteiger partial charge on any atom is 0.159 e. The van der Waals surface area contributed by atoms with Crippen LogP contribution in [0.4, 0.5) is 17.3 Å². The number of hydrazine groups is 1. The fourth-order valence-electron chi connectivity index (χ4n) is 1.47. The molecule has 0 atom stereocenters. The molecule has 0 saturated heterocycles. The Labute approximate surface area is 140 Å². The Bertz CT molecular complexity index is 638. The third-order valence-corrected chi connectivity index (χ3v) is 4.45. The second-order valence-corrected chi connectivity index (χ2v) is 6.12. The van der Waals surface area contributed by atoms with Crippen molar-refractivity contribution in [2.24, 2.45) is 5.84 Å². The average molecular weight is 468 g/mol. The molecule has 9 heteroatoms. The number of hydrogen-bond donors (Lipinski definition) is 3. The van der Waals surface area contributed by atoms with Crippen LogP contribution in [0, 0.1) is 0 Å². The number of nitrogens with one attached hydrogen (secondary N) is 2. The van der Waals surface area contributed by atoms with Crippen molar-refractivity contribution in [3.63, 3.8) is 0 Å². The molecular weight excluding hydrogens is 458 g/mol. The highest BCUT2D eigenvalue weighted by atomic mass is 79.9. The topological polar surface area (TPSA) is 85.1 Å². The number of nitrogens with two attached hydrogens (primary N) is 1. The monoisotopic (exact) mass is 465 g/mol. The Balaban J connectivity index is 2.40. The summed E-state index contributed by atoms with van der Waals surface area (Å²) in [5.41, 5.74) is 3.28. The zero-order valence-corrected chi connectivity index (χ0v) is 15.0. The van der Waals surface area contributed by atoms with Crippen molar-refractivity contribution in [1.82, 2.24) is 9.97 Å². The standard InChI is InChI=1S/C11H10Br3N5O/c1-20-8-3-7(5(12)2-6(8)13)18-10-9(14)11(19-15)17-4-16-10/h2-4H,15H2,1H3,(H2,16,17,18,19). The minimum absolute atomic E-state index is 0.489. The Morgan fingerprint density at radius 3 is 2.45 bits per heavy atom. The molecule has 2 aromatic rings. The van der Waals surface area contributed by atoms with Gasteiger partial charge in [-0.25, -0.2) is 15.8 Å². The summed E-state index contributed by atoms with van der Waals surface area (Å²) in [5.74, 6) is 7.15. The Hall–Kier alpha value is -0.900. The number of ether oxygens (including phenoxy) is 1. The van der Waals surface area contributed by atoms with Gasteiger partial charge in [-0.3, -0.25) is 0 Å². The zero-order chi connectivity index (χ0) is 14.7. The van der Waals surface area contributed by atoms with Crippen molar-refractivity contribution in [1.29, 1.82) is 0 Å². The van der Waals surface area contributed by atoms with Crippen LogP contribution in [0.15, 0.2) is 31.9 Å². The molecule has 0 fully saturated rings. The number of nitrogen functional groups attached to an aromatic ring is 1. The van der Waals surface area contributed by atoms with Gasteiger partial charge in [-0.05, 0) is 53.9 Å². The van der Waals surface area contributed by atoms with Crippen molar-refractivity contribution in [3.8, 4) is 5.75 Å². The van der Waals surface area contributed by atoms with E-state index in [1.807, 2.05) is 12.1 Å². The number of benzene rings is 1. The van der Waals surface area contributed by atoms with Gasteiger partial charge in [0.25, 0.3) is 0 Å². The lowest BCUT2D eigenvalue weighted by Gasteiger charge is -2.13. The van der Waals surface area contributed by atoms with Crippen LogP contribution in [-0.4, -0.2) is 17.1 Å². The maximum absolute atomic E-state index is 5.37. The van der Waals surface area contributed by atoms with E-state index >= 15 is 0 Å². The summed E-state index contributed by atoms with van der Waals surface area (Å²) in [4.78, 5) is 8.15. The molecule has 0 radical (unpaired) electrons. The quantitative estimate of drug-likeness (QED) is 0.468. The van der Waals surface area contributed by atoms with Crippen LogP contribution in [-0.2, 0) is 0 Å². The average Bonchev–Trinajstić information content (AvgIpc) is 2.43. The number of halogens is 3. The molecule has 0 spiro atoms. The number of hydrogen-bond acceptors (Lipinski definition) is 6. The molecule has 0 saturated carbocycles. The van der Waals surface area contributed by atoms with Gasteiger partial charge in [0, 0.05) is 10.5 Å². The van der Waals surface area contributed by atoms with Gasteiger partial charge in [-0.1, -0.05) is 0 Å². The van der Waals surface area contributed by atoms with E-state index in [0.29, 0.717) is 21.9 Å². The first-order valence-electron chi connectivity index (χ1n) is 5.34. The fraction of sp³-hybridized carbons (Fsp3) is 0.0909. The molecular formula is C11H10Br3N5O. The Kier molecular flexibility index (Phi) is 5.19. The summed E-state index contributed by atoms with van der Waals surface area (Å²) in [7, 11) is 1.61. The summed E-state index contributed by atoms with van der Waals surface area (Å²) in [5, 5.41) is 3.18. The molecule has 1 aromatic heterocycles. The second kappa shape index (κ2) is 6.70. The number of aromatic nitrogens is 2. The molecule has 0 bridgehead atoms. The number of anilines is 3. The molecule has 0 aliphatic carbocycles. The molecule has 20 heavy (non-hydrogen) atoms. The number of rotatable bonds is 4. The van der Waals surface area contributed by atoms with Gasteiger partial charge >= 0.3 is 0 Å². The first-order valence-corrected chi connectivity index (χ1v) is 7.72. The van der Waals surface area contributed by atoms with Crippen molar-refractivity contribution < 1.29 is 4.74 Å². The van der Waals surface area contributed by atoms with Crippen LogP contribution in [0.5, 0.6) is 5.75 Å². The van der Waals surface area contributed by atoms with Crippen molar-refractivity contribution in [2.75, 3.05) is 17.9 Å². The molecule has 0 aliphatic heterocycles. The highest BCUT2D eigenvalue weighted by Gasteiger charge is 2.12.